The van der Waals surface area contributed by atoms with Crippen LogP contribution < -0.4 is 0 Å². The molecule has 0 bridgehead atoms. The second-order valence-electron chi connectivity index (χ2n) is 7.02. The van der Waals surface area contributed by atoms with Gasteiger partial charge in [0, 0.05) is 25.6 Å². The van der Waals surface area contributed by atoms with Crippen LogP contribution in [0.2, 0.25) is 0 Å². The second-order valence-corrected chi connectivity index (χ2v) is 7.02. The van der Waals surface area contributed by atoms with Gasteiger partial charge >= 0.3 is 6.18 Å². The Morgan fingerprint density at radius 3 is 2.32 bits per heavy atom. The zero-order chi connectivity index (χ0) is 17.4. The van der Waals surface area contributed by atoms with Crippen LogP contribution in [0.15, 0.2) is 60.7 Å². The lowest BCUT2D eigenvalue weighted by Gasteiger charge is -2.18. The molecule has 1 nitrogen and oxygen atoms in total. The first kappa shape index (κ1) is 16.4. The van der Waals surface area contributed by atoms with Crippen molar-refractivity contribution in [2.24, 2.45) is 11.8 Å². The lowest BCUT2D eigenvalue weighted by Crippen LogP contribution is -2.21. The summed E-state index contributed by atoms with van der Waals surface area (Å²) in [6.45, 7) is 2.97. The molecule has 0 saturated carbocycles. The number of alkyl halides is 3. The summed E-state index contributed by atoms with van der Waals surface area (Å²) < 4.78 is 38.2. The van der Waals surface area contributed by atoms with Gasteiger partial charge < -0.3 is 0 Å². The first-order chi connectivity index (χ1) is 12.0. The fourth-order valence-electron chi connectivity index (χ4n) is 4.14. The van der Waals surface area contributed by atoms with Crippen molar-refractivity contribution in [2.45, 2.75) is 19.1 Å². The minimum absolute atomic E-state index is 0.431. The van der Waals surface area contributed by atoms with Crippen LogP contribution in [-0.4, -0.2) is 18.0 Å². The molecule has 1 heterocycles. The number of benzene rings is 2. The lowest BCUT2D eigenvalue weighted by molar-refractivity contribution is -0.137. The van der Waals surface area contributed by atoms with Crippen LogP contribution in [0.5, 0.6) is 0 Å². The molecule has 25 heavy (non-hydrogen) atoms. The molecule has 1 saturated heterocycles. The highest BCUT2D eigenvalue weighted by Crippen LogP contribution is 2.43. The van der Waals surface area contributed by atoms with E-state index in [1.807, 2.05) is 6.07 Å². The summed E-state index contributed by atoms with van der Waals surface area (Å²) in [5.74, 6) is 1.02. The number of halogens is 3. The van der Waals surface area contributed by atoms with Crippen LogP contribution in [0.25, 0.3) is 5.57 Å². The summed E-state index contributed by atoms with van der Waals surface area (Å²) >= 11 is 0. The van der Waals surface area contributed by atoms with Crippen LogP contribution in [0.4, 0.5) is 13.2 Å². The molecular weight excluding hydrogens is 323 g/mol. The van der Waals surface area contributed by atoms with E-state index in [4.69, 9.17) is 0 Å². The van der Waals surface area contributed by atoms with Gasteiger partial charge in [-0.2, -0.15) is 13.2 Å². The van der Waals surface area contributed by atoms with E-state index >= 15 is 0 Å². The molecule has 2 aliphatic rings. The van der Waals surface area contributed by atoms with E-state index < -0.39 is 11.7 Å². The largest absolute Gasteiger partial charge is 0.416 e. The zero-order valence-corrected chi connectivity index (χ0v) is 13.8. The number of fused-ring (bicyclic) bond motifs is 1. The van der Waals surface area contributed by atoms with Crippen molar-refractivity contribution < 1.29 is 13.2 Å². The Morgan fingerprint density at radius 1 is 0.920 bits per heavy atom. The predicted molar refractivity (Wildman–Crippen MR) is 92.7 cm³/mol. The first-order valence-corrected chi connectivity index (χ1v) is 8.64. The summed E-state index contributed by atoms with van der Waals surface area (Å²) in [5.41, 5.74) is 2.88. The quantitative estimate of drug-likeness (QED) is 0.736. The van der Waals surface area contributed by atoms with Crippen molar-refractivity contribution in [3.63, 3.8) is 0 Å². The van der Waals surface area contributed by atoms with E-state index in [0.717, 1.165) is 31.6 Å². The SMILES string of the molecule is FC(F)(F)c1ccc(C2=CCC3CN(Cc4ccccc4)CC23)cc1. The van der Waals surface area contributed by atoms with Crippen molar-refractivity contribution in [1.82, 2.24) is 4.90 Å². The van der Waals surface area contributed by atoms with Gasteiger partial charge in [-0.3, -0.25) is 4.90 Å². The van der Waals surface area contributed by atoms with E-state index in [-0.39, 0.29) is 0 Å². The van der Waals surface area contributed by atoms with Gasteiger partial charge in [0.15, 0.2) is 0 Å². The van der Waals surface area contributed by atoms with Crippen molar-refractivity contribution >= 4 is 5.57 Å². The zero-order valence-electron chi connectivity index (χ0n) is 13.8. The summed E-state index contributed by atoms with van der Waals surface area (Å²) in [4.78, 5) is 2.46. The van der Waals surface area contributed by atoms with Gasteiger partial charge in [-0.1, -0.05) is 48.5 Å². The fourth-order valence-corrected chi connectivity index (χ4v) is 4.14. The molecule has 1 aliphatic carbocycles. The Kier molecular flexibility index (Phi) is 4.16. The molecular formula is C21H20F3N. The van der Waals surface area contributed by atoms with Crippen molar-refractivity contribution in [3.8, 4) is 0 Å². The monoisotopic (exact) mass is 343 g/mol. The lowest BCUT2D eigenvalue weighted by atomic mass is 9.90. The third-order valence-electron chi connectivity index (χ3n) is 5.35. The molecule has 0 spiro atoms. The molecule has 0 N–H and O–H groups in total. The minimum Gasteiger partial charge on any atom is -0.298 e. The maximum atomic E-state index is 12.7. The molecule has 0 aromatic heterocycles. The summed E-state index contributed by atoms with van der Waals surface area (Å²) in [6, 6.07) is 16.0. The Morgan fingerprint density at radius 2 is 1.64 bits per heavy atom. The molecule has 0 radical (unpaired) electrons. The van der Waals surface area contributed by atoms with Crippen molar-refractivity contribution in [2.75, 3.05) is 13.1 Å². The van der Waals surface area contributed by atoms with Gasteiger partial charge in [-0.25, -0.2) is 0 Å². The van der Waals surface area contributed by atoms with Gasteiger partial charge in [-0.05, 0) is 41.2 Å². The Balaban J connectivity index is 1.47. The molecule has 2 aromatic rings. The third kappa shape index (κ3) is 3.36. The smallest absolute Gasteiger partial charge is 0.298 e. The maximum absolute atomic E-state index is 12.7. The van der Waals surface area contributed by atoms with Gasteiger partial charge in [0.25, 0.3) is 0 Å². The van der Waals surface area contributed by atoms with Crippen LogP contribution in [-0.2, 0) is 12.7 Å². The Labute approximate surface area is 145 Å². The number of allylic oxidation sites excluding steroid dienone is 1. The Hall–Kier alpha value is -2.07. The number of rotatable bonds is 3. The van der Waals surface area contributed by atoms with E-state index in [1.165, 1.54) is 23.3 Å². The first-order valence-electron chi connectivity index (χ1n) is 8.64. The number of nitrogens with zero attached hydrogens (tertiary/aromatic N) is 1. The van der Waals surface area contributed by atoms with Gasteiger partial charge in [-0.15, -0.1) is 0 Å². The standard InChI is InChI=1S/C21H20F3N/c22-21(23,24)18-9-6-16(7-10-18)19-11-8-17-13-25(14-20(17)19)12-15-4-2-1-3-5-15/h1-7,9-11,17,20H,8,12-14H2. The Bertz CT molecular complexity index is 762. The number of hydrogen-bond acceptors (Lipinski definition) is 1. The second kappa shape index (κ2) is 6.34. The molecule has 4 rings (SSSR count). The summed E-state index contributed by atoms with van der Waals surface area (Å²) in [5, 5.41) is 0. The van der Waals surface area contributed by atoms with Crippen LogP contribution >= 0.6 is 0 Å². The van der Waals surface area contributed by atoms with Crippen molar-refractivity contribution in [1.29, 1.82) is 0 Å². The van der Waals surface area contributed by atoms with E-state index in [2.05, 4.69) is 35.2 Å². The van der Waals surface area contributed by atoms with E-state index in [0.29, 0.717) is 11.8 Å². The average Bonchev–Trinajstić information content (AvgIpc) is 3.15. The molecule has 0 amide bonds. The van der Waals surface area contributed by atoms with E-state index in [9.17, 15) is 13.2 Å². The predicted octanol–water partition coefficient (Wildman–Crippen LogP) is 5.24. The molecule has 1 aliphatic heterocycles. The van der Waals surface area contributed by atoms with Gasteiger partial charge in [0.1, 0.15) is 0 Å². The van der Waals surface area contributed by atoms with Crippen molar-refractivity contribution in [3.05, 3.63) is 77.4 Å². The summed E-state index contributed by atoms with van der Waals surface area (Å²) in [7, 11) is 0. The fraction of sp³-hybridized carbons (Fsp3) is 0.333. The van der Waals surface area contributed by atoms with Crippen LogP contribution in [0.3, 0.4) is 0 Å². The highest BCUT2D eigenvalue weighted by atomic mass is 19.4. The van der Waals surface area contributed by atoms with Crippen LogP contribution in [0.1, 0.15) is 23.1 Å². The molecule has 2 atom stereocenters. The van der Waals surface area contributed by atoms with Gasteiger partial charge in [0.2, 0.25) is 0 Å². The maximum Gasteiger partial charge on any atom is 0.416 e. The topological polar surface area (TPSA) is 3.24 Å². The normalized spacial score (nSPS) is 23.6. The van der Waals surface area contributed by atoms with Crippen LogP contribution in [0, 0.1) is 11.8 Å². The van der Waals surface area contributed by atoms with E-state index in [1.54, 1.807) is 12.1 Å². The molecule has 130 valence electrons. The molecule has 2 unspecified atom stereocenters. The molecule has 4 heteroatoms. The molecule has 1 fully saturated rings. The summed E-state index contributed by atoms with van der Waals surface area (Å²) in [6.07, 6.45) is -1.03. The highest BCUT2D eigenvalue weighted by molar-refractivity contribution is 5.70. The minimum atomic E-state index is -4.27. The number of likely N-dealkylation sites (tertiary alicyclic amines) is 1. The van der Waals surface area contributed by atoms with Gasteiger partial charge in [0.05, 0.1) is 5.56 Å². The average molecular weight is 343 g/mol. The number of hydrogen-bond donors (Lipinski definition) is 0. The molecule has 2 aromatic carbocycles. The highest BCUT2D eigenvalue weighted by Gasteiger charge is 2.38. The third-order valence-corrected chi connectivity index (χ3v) is 5.35.